The van der Waals surface area contributed by atoms with E-state index in [0.29, 0.717) is 36.5 Å². The van der Waals surface area contributed by atoms with Crippen LogP contribution in [-0.4, -0.2) is 34.1 Å². The lowest BCUT2D eigenvalue weighted by Gasteiger charge is -2.02. The number of benzene rings is 1. The number of nitrogens with zero attached hydrogens (tertiary/aromatic N) is 3. The Morgan fingerprint density at radius 3 is 2.96 bits per heavy atom. The van der Waals surface area contributed by atoms with Crippen LogP contribution in [0.1, 0.15) is 23.3 Å². The zero-order valence-electron chi connectivity index (χ0n) is 13.8. The van der Waals surface area contributed by atoms with Crippen LogP contribution < -0.4 is 0 Å². The van der Waals surface area contributed by atoms with E-state index in [1.54, 1.807) is 30.0 Å². The van der Waals surface area contributed by atoms with Crippen molar-refractivity contribution in [1.82, 2.24) is 14.6 Å². The summed E-state index contributed by atoms with van der Waals surface area (Å²) in [5.41, 5.74) is 2.61. The summed E-state index contributed by atoms with van der Waals surface area (Å²) in [6.07, 6.45) is 2.79. The number of ether oxygens (including phenoxy) is 1. The monoisotopic (exact) mass is 335 g/mol. The second-order valence-electron chi connectivity index (χ2n) is 5.80. The molecular formula is C19H17N3O3. The highest BCUT2D eigenvalue weighted by Gasteiger charge is 2.15. The Morgan fingerprint density at radius 1 is 1.24 bits per heavy atom. The van der Waals surface area contributed by atoms with Gasteiger partial charge in [-0.15, -0.1) is 0 Å². The number of fused-ring (bicyclic) bond motifs is 2. The van der Waals surface area contributed by atoms with Crippen LogP contribution in [0.2, 0.25) is 0 Å². The third-order valence-corrected chi connectivity index (χ3v) is 4.08. The fraction of sp³-hybridized carbons (Fsp3) is 0.211. The number of Topliss-reactive ketones (excluding diaryl/α,β-unsaturated/α-hetero) is 1. The number of ketones is 1. The van der Waals surface area contributed by atoms with Crippen molar-refractivity contribution in [3.8, 4) is 11.5 Å². The Hall–Kier alpha value is -2.99. The maximum absolute atomic E-state index is 12.3. The fourth-order valence-electron chi connectivity index (χ4n) is 2.80. The zero-order valence-corrected chi connectivity index (χ0v) is 13.8. The summed E-state index contributed by atoms with van der Waals surface area (Å²) in [6, 6.07) is 13.3. The summed E-state index contributed by atoms with van der Waals surface area (Å²) in [6.45, 7) is 0.559. The van der Waals surface area contributed by atoms with Gasteiger partial charge in [-0.1, -0.05) is 18.2 Å². The van der Waals surface area contributed by atoms with Crippen molar-refractivity contribution in [2.75, 3.05) is 13.7 Å². The lowest BCUT2D eigenvalue weighted by molar-refractivity contribution is 0.0957. The maximum Gasteiger partial charge on any atom is 0.183 e. The van der Waals surface area contributed by atoms with Crippen LogP contribution in [0, 0.1) is 0 Å². The zero-order chi connectivity index (χ0) is 17.2. The molecule has 4 rings (SSSR count). The van der Waals surface area contributed by atoms with Gasteiger partial charge in [-0.05, 0) is 30.7 Å². The van der Waals surface area contributed by atoms with Gasteiger partial charge in [-0.25, -0.2) is 9.50 Å². The SMILES string of the molecule is COCCCC(=O)c1ccc2ncc(-c3cc4ccccc4o3)n2n1. The minimum atomic E-state index is -0.0109. The van der Waals surface area contributed by atoms with Crippen LogP contribution in [0.5, 0.6) is 0 Å². The van der Waals surface area contributed by atoms with Crippen LogP contribution in [0.3, 0.4) is 0 Å². The summed E-state index contributed by atoms with van der Waals surface area (Å²) in [7, 11) is 1.62. The molecular weight excluding hydrogens is 318 g/mol. The van der Waals surface area contributed by atoms with E-state index in [1.165, 1.54) is 0 Å². The minimum absolute atomic E-state index is 0.0109. The van der Waals surface area contributed by atoms with Gasteiger partial charge in [0.05, 0.1) is 6.20 Å². The van der Waals surface area contributed by atoms with E-state index in [4.69, 9.17) is 9.15 Å². The lowest BCUT2D eigenvalue weighted by Crippen LogP contribution is -2.07. The molecule has 0 aliphatic rings. The van der Waals surface area contributed by atoms with Gasteiger partial charge < -0.3 is 9.15 Å². The molecule has 1 aromatic carbocycles. The quantitative estimate of drug-likeness (QED) is 0.396. The number of aromatic nitrogens is 3. The van der Waals surface area contributed by atoms with Gasteiger partial charge >= 0.3 is 0 Å². The normalized spacial score (nSPS) is 11.4. The Balaban J connectivity index is 1.72. The molecule has 0 saturated heterocycles. The van der Waals surface area contributed by atoms with Crippen LogP contribution >= 0.6 is 0 Å². The highest BCUT2D eigenvalue weighted by Crippen LogP contribution is 2.27. The molecule has 0 bridgehead atoms. The predicted molar refractivity (Wildman–Crippen MR) is 93.6 cm³/mol. The van der Waals surface area contributed by atoms with Crippen LogP contribution in [0.4, 0.5) is 0 Å². The van der Waals surface area contributed by atoms with Crippen LogP contribution in [-0.2, 0) is 4.74 Å². The molecule has 0 radical (unpaired) electrons. The van der Waals surface area contributed by atoms with E-state index in [-0.39, 0.29) is 5.78 Å². The molecule has 6 heteroatoms. The molecule has 126 valence electrons. The van der Waals surface area contributed by atoms with Crippen molar-refractivity contribution >= 4 is 22.4 Å². The maximum atomic E-state index is 12.3. The summed E-state index contributed by atoms with van der Waals surface area (Å²) in [4.78, 5) is 16.6. The first-order valence-electron chi connectivity index (χ1n) is 8.12. The number of imidazole rings is 1. The first-order chi connectivity index (χ1) is 12.3. The predicted octanol–water partition coefficient (Wildman–Crippen LogP) is 3.75. The van der Waals surface area contributed by atoms with Gasteiger partial charge in [0.1, 0.15) is 17.0 Å². The summed E-state index contributed by atoms with van der Waals surface area (Å²) < 4.78 is 12.5. The summed E-state index contributed by atoms with van der Waals surface area (Å²) >= 11 is 0. The molecule has 0 spiro atoms. The van der Waals surface area contributed by atoms with E-state index in [0.717, 1.165) is 16.7 Å². The van der Waals surface area contributed by atoms with E-state index in [9.17, 15) is 4.79 Å². The number of hydrogen-bond acceptors (Lipinski definition) is 5. The molecule has 0 atom stereocenters. The molecule has 0 aliphatic carbocycles. The number of methoxy groups -OCH3 is 1. The second kappa shape index (κ2) is 6.49. The number of rotatable bonds is 6. The third kappa shape index (κ3) is 2.92. The summed E-state index contributed by atoms with van der Waals surface area (Å²) in [5, 5.41) is 5.48. The minimum Gasteiger partial charge on any atom is -0.454 e. The van der Waals surface area contributed by atoms with Crippen molar-refractivity contribution in [2.45, 2.75) is 12.8 Å². The molecule has 0 saturated carbocycles. The Kier molecular flexibility index (Phi) is 4.03. The molecule has 4 aromatic rings. The first-order valence-corrected chi connectivity index (χ1v) is 8.12. The van der Waals surface area contributed by atoms with Gasteiger partial charge in [0.25, 0.3) is 0 Å². The molecule has 0 fully saturated rings. The molecule has 3 heterocycles. The van der Waals surface area contributed by atoms with Gasteiger partial charge in [-0.3, -0.25) is 4.79 Å². The van der Waals surface area contributed by atoms with Gasteiger partial charge in [0, 0.05) is 25.5 Å². The van der Waals surface area contributed by atoms with Gasteiger partial charge in [0.15, 0.2) is 17.2 Å². The Morgan fingerprint density at radius 2 is 2.12 bits per heavy atom. The molecule has 25 heavy (non-hydrogen) atoms. The van der Waals surface area contributed by atoms with E-state index in [1.807, 2.05) is 30.3 Å². The van der Waals surface area contributed by atoms with E-state index in [2.05, 4.69) is 10.1 Å². The second-order valence-corrected chi connectivity index (χ2v) is 5.80. The number of para-hydroxylation sites is 1. The Bertz CT molecular complexity index is 1020. The Labute approximate surface area is 144 Å². The van der Waals surface area contributed by atoms with E-state index < -0.39 is 0 Å². The fourth-order valence-corrected chi connectivity index (χ4v) is 2.80. The van der Waals surface area contributed by atoms with Crippen molar-refractivity contribution in [3.05, 3.63) is 54.4 Å². The van der Waals surface area contributed by atoms with Crippen molar-refractivity contribution < 1.29 is 13.9 Å². The van der Waals surface area contributed by atoms with Gasteiger partial charge in [-0.2, -0.15) is 5.10 Å². The molecule has 0 amide bonds. The molecule has 0 unspecified atom stereocenters. The lowest BCUT2D eigenvalue weighted by atomic mass is 10.1. The van der Waals surface area contributed by atoms with Crippen LogP contribution in [0.15, 0.2) is 53.1 Å². The molecule has 3 aromatic heterocycles. The smallest absolute Gasteiger partial charge is 0.183 e. The number of carbonyl (C=O) groups is 1. The first kappa shape index (κ1) is 15.5. The molecule has 0 N–H and O–H groups in total. The van der Waals surface area contributed by atoms with Crippen molar-refractivity contribution in [3.63, 3.8) is 0 Å². The van der Waals surface area contributed by atoms with Crippen LogP contribution in [0.25, 0.3) is 28.1 Å². The highest BCUT2D eigenvalue weighted by molar-refractivity contribution is 5.94. The average Bonchev–Trinajstić information content (AvgIpc) is 3.24. The number of hydrogen-bond donors (Lipinski definition) is 0. The largest absolute Gasteiger partial charge is 0.454 e. The van der Waals surface area contributed by atoms with E-state index >= 15 is 0 Å². The standard InChI is InChI=1S/C19H17N3O3/c1-24-10-4-6-16(23)14-8-9-19-20-12-15(22(19)21-14)18-11-13-5-2-3-7-17(13)25-18/h2-3,5,7-9,11-12H,4,6,10H2,1H3. The molecule has 6 nitrogen and oxygen atoms in total. The van der Waals surface area contributed by atoms with Crippen molar-refractivity contribution in [1.29, 1.82) is 0 Å². The topological polar surface area (TPSA) is 69.6 Å². The average molecular weight is 335 g/mol. The van der Waals surface area contributed by atoms with Gasteiger partial charge in [0.2, 0.25) is 0 Å². The number of carbonyl (C=O) groups excluding carboxylic acids is 1. The third-order valence-electron chi connectivity index (χ3n) is 4.08. The molecule has 0 aliphatic heterocycles. The summed E-state index contributed by atoms with van der Waals surface area (Å²) in [5.74, 6) is 0.661. The van der Waals surface area contributed by atoms with Crippen molar-refractivity contribution in [2.24, 2.45) is 0 Å². The number of furan rings is 1. The highest BCUT2D eigenvalue weighted by atomic mass is 16.5.